The summed E-state index contributed by atoms with van der Waals surface area (Å²) in [5, 5.41) is 34.3. The van der Waals surface area contributed by atoms with Crippen LogP contribution in [0.2, 0.25) is 0 Å². The minimum absolute atomic E-state index is 0.0316. The first-order chi connectivity index (χ1) is 9.02. The van der Waals surface area contributed by atoms with Crippen molar-refractivity contribution < 1.29 is 29.6 Å². The van der Waals surface area contributed by atoms with Crippen molar-refractivity contribution >= 4 is 11.9 Å². The van der Waals surface area contributed by atoms with E-state index in [1.165, 1.54) is 0 Å². The molecule has 0 amide bonds. The van der Waals surface area contributed by atoms with Gasteiger partial charge in [0.15, 0.2) is 0 Å². The summed E-state index contributed by atoms with van der Waals surface area (Å²) in [5.41, 5.74) is 0. The van der Waals surface area contributed by atoms with Gasteiger partial charge in [-0.15, -0.1) is 0 Å². The minimum atomic E-state index is -1.67. The molecule has 9 heteroatoms. The normalized spacial score (nSPS) is 11.4. The highest BCUT2D eigenvalue weighted by Gasteiger charge is 2.39. The summed E-state index contributed by atoms with van der Waals surface area (Å²) >= 11 is 0. The van der Waals surface area contributed by atoms with Crippen LogP contribution in [0, 0.1) is 0 Å². The maximum Gasteiger partial charge on any atom is 0.364 e. The molecule has 0 saturated heterocycles. The van der Waals surface area contributed by atoms with Crippen molar-refractivity contribution in [2.45, 2.75) is 12.7 Å². The van der Waals surface area contributed by atoms with Crippen LogP contribution in [0.25, 0.3) is 0 Å². The van der Waals surface area contributed by atoms with E-state index in [1.54, 1.807) is 0 Å². The molecule has 0 aliphatic rings. The summed E-state index contributed by atoms with van der Waals surface area (Å²) < 4.78 is 4.50. The second-order valence-electron chi connectivity index (χ2n) is 3.58. The molecule has 0 aromatic carbocycles. The molecule has 0 aromatic heterocycles. The number of rotatable bonds is 10. The molecular formula is C10H21N3O6. The monoisotopic (exact) mass is 279 g/mol. The highest BCUT2D eigenvalue weighted by Crippen LogP contribution is 2.00. The number of hydrogen-bond donors (Lipinski definition) is 6. The average Bonchev–Trinajstić information content (AvgIpc) is 2.37. The Morgan fingerprint density at radius 3 is 1.58 bits per heavy atom. The Morgan fingerprint density at radius 1 is 0.947 bits per heavy atom. The van der Waals surface area contributed by atoms with Gasteiger partial charge in [-0.2, -0.15) is 0 Å². The van der Waals surface area contributed by atoms with Gasteiger partial charge in [-0.3, -0.25) is 20.7 Å². The molecule has 0 unspecified atom stereocenters. The fourth-order valence-corrected chi connectivity index (χ4v) is 1.34. The molecule has 0 aromatic rings. The second-order valence-corrected chi connectivity index (χ2v) is 3.58. The first-order valence-electron chi connectivity index (χ1n) is 5.83. The number of aliphatic hydroxyl groups excluding tert-OH is 3. The van der Waals surface area contributed by atoms with Crippen LogP contribution in [0.1, 0.15) is 6.92 Å². The number of aliphatic hydroxyl groups is 3. The van der Waals surface area contributed by atoms with Gasteiger partial charge in [0.1, 0.15) is 0 Å². The average molecular weight is 279 g/mol. The summed E-state index contributed by atoms with van der Waals surface area (Å²) in [6, 6.07) is 0. The molecule has 0 radical (unpaired) electrons. The van der Waals surface area contributed by atoms with Gasteiger partial charge >= 0.3 is 11.9 Å². The lowest BCUT2D eigenvalue weighted by Crippen LogP contribution is -2.73. The summed E-state index contributed by atoms with van der Waals surface area (Å²) in [5.74, 6) is -3.42. The topological polar surface area (TPSA) is 140 Å². The second kappa shape index (κ2) is 9.78. The number of hydrogen-bond acceptors (Lipinski definition) is 9. The van der Waals surface area contributed by atoms with E-state index in [0.29, 0.717) is 0 Å². The number of esters is 2. The van der Waals surface area contributed by atoms with E-state index in [9.17, 15) is 9.59 Å². The Bertz CT molecular complexity index is 265. The van der Waals surface area contributed by atoms with Crippen molar-refractivity contribution in [3.63, 3.8) is 0 Å². The Labute approximate surface area is 110 Å². The molecular weight excluding hydrogens is 258 g/mol. The Hall–Kier alpha value is -1.10. The van der Waals surface area contributed by atoms with Gasteiger partial charge in [0.2, 0.25) is 5.79 Å². The number of nitrogens with one attached hydrogen (secondary N) is 3. The van der Waals surface area contributed by atoms with Gasteiger partial charge < -0.3 is 20.1 Å². The molecule has 0 aliphatic heterocycles. The molecule has 0 atom stereocenters. The lowest BCUT2D eigenvalue weighted by Gasteiger charge is -2.33. The largest absolute Gasteiger partial charge is 0.395 e. The van der Waals surface area contributed by atoms with E-state index in [-0.39, 0.29) is 39.5 Å². The molecule has 19 heavy (non-hydrogen) atoms. The lowest BCUT2D eigenvalue weighted by atomic mass is 10.3. The molecule has 0 bridgehead atoms. The van der Waals surface area contributed by atoms with Crippen molar-refractivity contribution in [3.8, 4) is 0 Å². The predicted molar refractivity (Wildman–Crippen MR) is 64.8 cm³/mol. The van der Waals surface area contributed by atoms with Crippen molar-refractivity contribution in [2.75, 3.05) is 39.5 Å². The summed E-state index contributed by atoms with van der Waals surface area (Å²) in [7, 11) is 0. The van der Waals surface area contributed by atoms with Crippen molar-refractivity contribution in [2.24, 2.45) is 0 Å². The molecule has 112 valence electrons. The Kier molecular flexibility index (Phi) is 9.21. The van der Waals surface area contributed by atoms with Gasteiger partial charge in [0, 0.05) is 26.6 Å². The van der Waals surface area contributed by atoms with Crippen LogP contribution in [-0.2, 0) is 14.3 Å². The van der Waals surface area contributed by atoms with E-state index < -0.39 is 17.7 Å². The molecule has 0 rings (SSSR count). The standard InChI is InChI=1S/C10H21N3O6/c1-8(17)19-9(18)10(11-2-5-14,12-3-6-15)13-4-7-16/h11-16H,2-7H2,1H3. The maximum atomic E-state index is 11.9. The summed E-state index contributed by atoms with van der Waals surface area (Å²) in [4.78, 5) is 22.8. The van der Waals surface area contributed by atoms with Gasteiger partial charge in [-0.1, -0.05) is 0 Å². The zero-order valence-electron chi connectivity index (χ0n) is 10.8. The van der Waals surface area contributed by atoms with Crippen molar-refractivity contribution in [1.82, 2.24) is 16.0 Å². The molecule has 0 heterocycles. The maximum absolute atomic E-state index is 11.9. The van der Waals surface area contributed by atoms with Crippen LogP contribution in [0.15, 0.2) is 0 Å². The molecule has 0 aliphatic carbocycles. The summed E-state index contributed by atoms with van der Waals surface area (Å²) in [6.45, 7) is 0.411. The van der Waals surface area contributed by atoms with Crippen LogP contribution in [0.5, 0.6) is 0 Å². The third-order valence-corrected chi connectivity index (χ3v) is 2.05. The first kappa shape index (κ1) is 17.9. The highest BCUT2D eigenvalue weighted by atomic mass is 16.6. The van der Waals surface area contributed by atoms with Gasteiger partial charge in [0.05, 0.1) is 19.8 Å². The summed E-state index contributed by atoms with van der Waals surface area (Å²) in [6.07, 6.45) is 0. The van der Waals surface area contributed by atoms with Crippen molar-refractivity contribution in [3.05, 3.63) is 0 Å². The minimum Gasteiger partial charge on any atom is -0.395 e. The zero-order valence-corrected chi connectivity index (χ0v) is 10.8. The zero-order chi connectivity index (χ0) is 14.7. The predicted octanol–water partition coefficient (Wildman–Crippen LogP) is -3.52. The van der Waals surface area contributed by atoms with Gasteiger partial charge in [-0.25, -0.2) is 4.79 Å². The van der Waals surface area contributed by atoms with Crippen LogP contribution in [0.4, 0.5) is 0 Å². The Balaban J connectivity index is 4.95. The van der Waals surface area contributed by atoms with Gasteiger partial charge in [-0.05, 0) is 0 Å². The lowest BCUT2D eigenvalue weighted by molar-refractivity contribution is -0.166. The van der Waals surface area contributed by atoms with E-state index in [1.807, 2.05) is 0 Å². The van der Waals surface area contributed by atoms with E-state index in [4.69, 9.17) is 15.3 Å². The SMILES string of the molecule is CC(=O)OC(=O)C(NCCO)(NCCO)NCCO. The third kappa shape index (κ3) is 6.57. The van der Waals surface area contributed by atoms with E-state index >= 15 is 0 Å². The van der Waals surface area contributed by atoms with Crippen molar-refractivity contribution in [1.29, 1.82) is 0 Å². The van der Waals surface area contributed by atoms with Crippen LogP contribution in [-0.4, -0.2) is 72.5 Å². The molecule has 9 nitrogen and oxygen atoms in total. The molecule has 0 fully saturated rings. The van der Waals surface area contributed by atoms with Crippen LogP contribution < -0.4 is 16.0 Å². The van der Waals surface area contributed by atoms with E-state index in [0.717, 1.165) is 6.92 Å². The quantitative estimate of drug-likeness (QED) is 0.136. The third-order valence-electron chi connectivity index (χ3n) is 2.05. The molecule has 0 spiro atoms. The van der Waals surface area contributed by atoms with Crippen LogP contribution in [0.3, 0.4) is 0 Å². The number of ether oxygens (including phenoxy) is 1. The molecule has 6 N–H and O–H groups in total. The molecule has 0 saturated carbocycles. The fourth-order valence-electron chi connectivity index (χ4n) is 1.34. The van der Waals surface area contributed by atoms with Gasteiger partial charge in [0.25, 0.3) is 0 Å². The smallest absolute Gasteiger partial charge is 0.364 e. The first-order valence-corrected chi connectivity index (χ1v) is 5.83. The van der Waals surface area contributed by atoms with Crippen LogP contribution >= 0.6 is 0 Å². The fraction of sp³-hybridized carbons (Fsp3) is 0.800. The number of carbonyl (C=O) groups is 2. The van der Waals surface area contributed by atoms with E-state index in [2.05, 4.69) is 20.7 Å². The highest BCUT2D eigenvalue weighted by molar-refractivity contribution is 5.89. The Morgan fingerprint density at radius 2 is 1.32 bits per heavy atom. The number of carbonyl (C=O) groups excluding carboxylic acids is 2.